The number of epoxide rings is 1. The van der Waals surface area contributed by atoms with Crippen LogP contribution in [0.5, 0.6) is 17.2 Å². The second-order valence-electron chi connectivity index (χ2n) is 3.57. The van der Waals surface area contributed by atoms with Gasteiger partial charge in [0, 0.05) is 6.07 Å². The zero-order valence-corrected chi connectivity index (χ0v) is 8.27. The molecule has 0 bridgehead atoms. The third-order valence-corrected chi connectivity index (χ3v) is 2.35. The Labute approximate surface area is 87.7 Å². The van der Waals surface area contributed by atoms with E-state index in [-0.39, 0.29) is 6.10 Å². The van der Waals surface area contributed by atoms with Crippen LogP contribution in [0.15, 0.2) is 18.2 Å². The standard InChI is InChI=1S/C11H12O4/c1-2-10-11(13-4-3-12-10)5-8(1)14-6-9-7-15-9/h1-2,5,9H,3-4,6-7H2. The van der Waals surface area contributed by atoms with Gasteiger partial charge in [0.1, 0.15) is 31.7 Å². The molecule has 4 nitrogen and oxygen atoms in total. The van der Waals surface area contributed by atoms with E-state index >= 15 is 0 Å². The van der Waals surface area contributed by atoms with Gasteiger partial charge in [-0.25, -0.2) is 0 Å². The fraction of sp³-hybridized carbons (Fsp3) is 0.455. The van der Waals surface area contributed by atoms with E-state index in [4.69, 9.17) is 18.9 Å². The molecular formula is C11H12O4. The number of hydrogen-bond acceptors (Lipinski definition) is 4. The third-order valence-electron chi connectivity index (χ3n) is 2.35. The predicted molar refractivity (Wildman–Crippen MR) is 52.7 cm³/mol. The summed E-state index contributed by atoms with van der Waals surface area (Å²) in [6.45, 7) is 2.63. The van der Waals surface area contributed by atoms with Crippen molar-refractivity contribution in [2.75, 3.05) is 26.4 Å². The van der Waals surface area contributed by atoms with Crippen LogP contribution in [0.4, 0.5) is 0 Å². The third kappa shape index (κ3) is 1.99. The molecule has 1 unspecified atom stereocenters. The van der Waals surface area contributed by atoms with Crippen molar-refractivity contribution in [3.8, 4) is 17.2 Å². The monoisotopic (exact) mass is 208 g/mol. The Balaban J connectivity index is 1.71. The second kappa shape index (κ2) is 3.62. The maximum Gasteiger partial charge on any atom is 0.165 e. The normalized spacial score (nSPS) is 22.3. The van der Waals surface area contributed by atoms with Crippen molar-refractivity contribution in [3.63, 3.8) is 0 Å². The number of rotatable bonds is 3. The van der Waals surface area contributed by atoms with Crippen molar-refractivity contribution in [1.82, 2.24) is 0 Å². The minimum Gasteiger partial charge on any atom is -0.491 e. The molecular weight excluding hydrogens is 196 g/mol. The van der Waals surface area contributed by atoms with Crippen LogP contribution in [0.3, 0.4) is 0 Å². The molecule has 0 N–H and O–H groups in total. The lowest BCUT2D eigenvalue weighted by Gasteiger charge is -2.18. The van der Waals surface area contributed by atoms with Crippen LogP contribution in [0.25, 0.3) is 0 Å². The summed E-state index contributed by atoms with van der Waals surface area (Å²) in [6.07, 6.45) is 0.276. The summed E-state index contributed by atoms with van der Waals surface area (Å²) in [5.41, 5.74) is 0. The lowest BCUT2D eigenvalue weighted by Crippen LogP contribution is -2.15. The van der Waals surface area contributed by atoms with Gasteiger partial charge in [-0.3, -0.25) is 0 Å². The van der Waals surface area contributed by atoms with E-state index < -0.39 is 0 Å². The van der Waals surface area contributed by atoms with Crippen LogP contribution in [-0.4, -0.2) is 32.5 Å². The van der Waals surface area contributed by atoms with Gasteiger partial charge in [0.25, 0.3) is 0 Å². The van der Waals surface area contributed by atoms with Crippen LogP contribution in [0, 0.1) is 0 Å². The second-order valence-corrected chi connectivity index (χ2v) is 3.57. The Morgan fingerprint density at radius 1 is 1.20 bits per heavy atom. The first-order valence-corrected chi connectivity index (χ1v) is 5.06. The van der Waals surface area contributed by atoms with Crippen LogP contribution in [-0.2, 0) is 4.74 Å². The molecule has 2 heterocycles. The summed E-state index contributed by atoms with van der Waals surface area (Å²) >= 11 is 0. The molecule has 1 atom stereocenters. The summed E-state index contributed by atoms with van der Waals surface area (Å²) in [7, 11) is 0. The molecule has 0 aromatic heterocycles. The van der Waals surface area contributed by atoms with Gasteiger partial charge in [0.15, 0.2) is 11.5 Å². The SMILES string of the molecule is c1cc2c(cc1OCC1CO1)OCCO2. The molecule has 15 heavy (non-hydrogen) atoms. The molecule has 1 saturated heterocycles. The topological polar surface area (TPSA) is 40.2 Å². The maximum absolute atomic E-state index is 5.54. The van der Waals surface area contributed by atoms with Gasteiger partial charge in [-0.1, -0.05) is 0 Å². The highest BCUT2D eigenvalue weighted by Gasteiger charge is 2.23. The Morgan fingerprint density at radius 2 is 2.00 bits per heavy atom. The fourth-order valence-electron chi connectivity index (χ4n) is 1.47. The van der Waals surface area contributed by atoms with E-state index in [0.717, 1.165) is 23.9 Å². The maximum atomic E-state index is 5.54. The summed E-state index contributed by atoms with van der Waals surface area (Å²) in [5.74, 6) is 2.35. The van der Waals surface area contributed by atoms with Gasteiger partial charge in [-0.05, 0) is 12.1 Å². The first-order valence-electron chi connectivity index (χ1n) is 5.06. The van der Waals surface area contributed by atoms with Gasteiger partial charge in [-0.15, -0.1) is 0 Å². The van der Waals surface area contributed by atoms with Gasteiger partial charge >= 0.3 is 0 Å². The molecule has 0 radical (unpaired) electrons. The highest BCUT2D eigenvalue weighted by Crippen LogP contribution is 2.33. The first-order chi connectivity index (χ1) is 7.42. The predicted octanol–water partition coefficient (Wildman–Crippen LogP) is 1.24. The fourth-order valence-corrected chi connectivity index (χ4v) is 1.47. The van der Waals surface area contributed by atoms with Gasteiger partial charge in [0.05, 0.1) is 6.61 Å². The van der Waals surface area contributed by atoms with Gasteiger partial charge < -0.3 is 18.9 Å². The largest absolute Gasteiger partial charge is 0.491 e. The van der Waals surface area contributed by atoms with Crippen molar-refractivity contribution in [1.29, 1.82) is 0 Å². The lowest BCUT2D eigenvalue weighted by atomic mass is 10.3. The molecule has 3 rings (SSSR count). The van der Waals surface area contributed by atoms with E-state index in [1.165, 1.54) is 0 Å². The van der Waals surface area contributed by atoms with E-state index in [9.17, 15) is 0 Å². The zero-order chi connectivity index (χ0) is 10.1. The van der Waals surface area contributed by atoms with Crippen LogP contribution in [0.2, 0.25) is 0 Å². The van der Waals surface area contributed by atoms with Crippen molar-refractivity contribution in [3.05, 3.63) is 18.2 Å². The number of fused-ring (bicyclic) bond motifs is 1. The molecule has 1 fully saturated rings. The molecule has 1 aromatic rings. The minimum atomic E-state index is 0.276. The highest BCUT2D eigenvalue weighted by atomic mass is 16.6. The van der Waals surface area contributed by atoms with E-state index in [0.29, 0.717) is 19.8 Å². The molecule has 4 heteroatoms. The number of benzene rings is 1. The average molecular weight is 208 g/mol. The number of hydrogen-bond donors (Lipinski definition) is 0. The molecule has 0 amide bonds. The quantitative estimate of drug-likeness (QED) is 0.700. The summed E-state index contributed by atoms with van der Waals surface area (Å²) < 4.78 is 21.5. The average Bonchev–Trinajstić information content (AvgIpc) is 3.10. The lowest BCUT2D eigenvalue weighted by molar-refractivity contribution is 0.170. The van der Waals surface area contributed by atoms with Crippen LogP contribution >= 0.6 is 0 Å². The van der Waals surface area contributed by atoms with Crippen molar-refractivity contribution in [2.24, 2.45) is 0 Å². The molecule has 80 valence electrons. The van der Waals surface area contributed by atoms with E-state index in [1.807, 2.05) is 18.2 Å². The van der Waals surface area contributed by atoms with Crippen molar-refractivity contribution < 1.29 is 18.9 Å². The summed E-state index contributed by atoms with van der Waals surface area (Å²) in [4.78, 5) is 0. The Bertz CT molecular complexity index is 360. The molecule has 0 saturated carbocycles. The molecule has 2 aliphatic heterocycles. The zero-order valence-electron chi connectivity index (χ0n) is 8.27. The highest BCUT2D eigenvalue weighted by molar-refractivity contribution is 5.46. The minimum absolute atomic E-state index is 0.276. The molecule has 0 aliphatic carbocycles. The van der Waals surface area contributed by atoms with Crippen molar-refractivity contribution in [2.45, 2.75) is 6.10 Å². The van der Waals surface area contributed by atoms with Gasteiger partial charge in [0.2, 0.25) is 0 Å². The van der Waals surface area contributed by atoms with Crippen LogP contribution < -0.4 is 14.2 Å². The Morgan fingerprint density at radius 3 is 2.80 bits per heavy atom. The molecule has 2 aliphatic rings. The van der Waals surface area contributed by atoms with Crippen molar-refractivity contribution >= 4 is 0 Å². The van der Waals surface area contributed by atoms with Crippen LogP contribution in [0.1, 0.15) is 0 Å². The molecule has 1 aromatic carbocycles. The smallest absolute Gasteiger partial charge is 0.165 e. The molecule has 0 spiro atoms. The number of ether oxygens (including phenoxy) is 4. The van der Waals surface area contributed by atoms with Gasteiger partial charge in [-0.2, -0.15) is 0 Å². The van der Waals surface area contributed by atoms with E-state index in [1.54, 1.807) is 0 Å². The van der Waals surface area contributed by atoms with E-state index in [2.05, 4.69) is 0 Å². The summed E-state index contributed by atoms with van der Waals surface area (Å²) in [5, 5.41) is 0. The summed E-state index contributed by atoms with van der Waals surface area (Å²) in [6, 6.07) is 5.62. The Hall–Kier alpha value is -1.42. The first kappa shape index (κ1) is 8.85. The Kier molecular flexibility index (Phi) is 2.14.